The minimum absolute atomic E-state index is 0.223. The number of nitrogens with two attached hydrogens (primary N) is 1. The summed E-state index contributed by atoms with van der Waals surface area (Å²) in [5.41, 5.74) is 9.87. The van der Waals surface area contributed by atoms with E-state index < -0.39 is 0 Å². The quantitative estimate of drug-likeness (QED) is 0.738. The molecule has 72 valence electrons. The highest BCUT2D eigenvalue weighted by Crippen LogP contribution is 2.20. The highest BCUT2D eigenvalue weighted by atomic mass is 14.6. The van der Waals surface area contributed by atoms with E-state index in [1.54, 1.807) is 0 Å². The van der Waals surface area contributed by atoms with E-state index in [1.807, 2.05) is 0 Å². The van der Waals surface area contributed by atoms with E-state index in [0.29, 0.717) is 5.92 Å². The first-order valence-corrected chi connectivity index (χ1v) is 4.84. The molecule has 2 unspecified atom stereocenters. The maximum absolute atomic E-state index is 5.87. The van der Waals surface area contributed by atoms with Crippen molar-refractivity contribution in [1.29, 1.82) is 0 Å². The van der Waals surface area contributed by atoms with Gasteiger partial charge in [0.1, 0.15) is 0 Å². The molecule has 0 amide bonds. The van der Waals surface area contributed by atoms with E-state index in [2.05, 4.69) is 45.9 Å². The van der Waals surface area contributed by atoms with Crippen molar-refractivity contribution in [3.63, 3.8) is 0 Å². The first-order chi connectivity index (χ1) is 6.00. The number of aryl methyl sites for hydroxylation is 2. The van der Waals surface area contributed by atoms with Gasteiger partial charge in [0.15, 0.2) is 0 Å². The zero-order valence-corrected chi connectivity index (χ0v) is 8.96. The summed E-state index contributed by atoms with van der Waals surface area (Å²) < 4.78 is 0. The van der Waals surface area contributed by atoms with Crippen LogP contribution in [0.1, 0.15) is 36.5 Å². The lowest BCUT2D eigenvalue weighted by Crippen LogP contribution is -2.22. The second kappa shape index (κ2) is 3.93. The molecule has 0 radical (unpaired) electrons. The molecule has 0 spiro atoms. The Kier molecular flexibility index (Phi) is 3.10. The van der Waals surface area contributed by atoms with Crippen LogP contribution in [0.4, 0.5) is 0 Å². The smallest absolute Gasteiger partial charge is 0.00766 e. The third kappa shape index (κ3) is 2.56. The first kappa shape index (κ1) is 10.3. The molecule has 2 atom stereocenters. The van der Waals surface area contributed by atoms with Gasteiger partial charge in [0.25, 0.3) is 0 Å². The van der Waals surface area contributed by atoms with Crippen LogP contribution in [-0.2, 0) is 0 Å². The van der Waals surface area contributed by atoms with Gasteiger partial charge in [-0.05, 0) is 32.3 Å². The summed E-state index contributed by atoms with van der Waals surface area (Å²) in [7, 11) is 0. The predicted octanol–water partition coefficient (Wildman–Crippen LogP) is 2.75. The second-order valence-corrected chi connectivity index (χ2v) is 4.07. The van der Waals surface area contributed by atoms with Crippen LogP contribution in [0.2, 0.25) is 0 Å². The van der Waals surface area contributed by atoms with E-state index >= 15 is 0 Å². The summed E-state index contributed by atoms with van der Waals surface area (Å²) in [4.78, 5) is 0. The van der Waals surface area contributed by atoms with Crippen LogP contribution in [0.25, 0.3) is 0 Å². The Morgan fingerprint density at radius 2 is 1.46 bits per heavy atom. The second-order valence-electron chi connectivity index (χ2n) is 4.07. The molecule has 0 aliphatic heterocycles. The highest BCUT2D eigenvalue weighted by molar-refractivity contribution is 5.31. The van der Waals surface area contributed by atoms with Crippen molar-refractivity contribution in [2.45, 2.75) is 39.7 Å². The van der Waals surface area contributed by atoms with E-state index in [9.17, 15) is 0 Å². The maximum Gasteiger partial charge on any atom is 0.00766 e. The van der Waals surface area contributed by atoms with Crippen LogP contribution in [-0.4, -0.2) is 6.04 Å². The van der Waals surface area contributed by atoms with Gasteiger partial charge < -0.3 is 5.73 Å². The molecule has 13 heavy (non-hydrogen) atoms. The van der Waals surface area contributed by atoms with E-state index in [4.69, 9.17) is 5.73 Å². The fourth-order valence-corrected chi connectivity index (χ4v) is 1.58. The molecule has 1 rings (SSSR count). The van der Waals surface area contributed by atoms with Crippen LogP contribution >= 0.6 is 0 Å². The molecule has 2 N–H and O–H groups in total. The predicted molar refractivity (Wildman–Crippen MR) is 58.0 cm³/mol. The Labute approximate surface area is 81.0 Å². The molecule has 0 aromatic heterocycles. The van der Waals surface area contributed by atoms with Crippen LogP contribution in [0.15, 0.2) is 18.2 Å². The zero-order valence-electron chi connectivity index (χ0n) is 8.96. The largest absolute Gasteiger partial charge is 0.327 e. The van der Waals surface area contributed by atoms with Crippen molar-refractivity contribution in [2.75, 3.05) is 0 Å². The molecular formula is C12H19N. The van der Waals surface area contributed by atoms with Crippen molar-refractivity contribution < 1.29 is 0 Å². The number of benzene rings is 1. The van der Waals surface area contributed by atoms with Gasteiger partial charge in [0.2, 0.25) is 0 Å². The average molecular weight is 177 g/mol. The monoisotopic (exact) mass is 177 g/mol. The van der Waals surface area contributed by atoms with Crippen molar-refractivity contribution in [1.82, 2.24) is 0 Å². The average Bonchev–Trinajstić information content (AvgIpc) is 2.01. The molecule has 0 saturated carbocycles. The number of hydrogen-bond acceptors (Lipinski definition) is 1. The van der Waals surface area contributed by atoms with Crippen LogP contribution in [0, 0.1) is 13.8 Å². The fourth-order valence-electron chi connectivity index (χ4n) is 1.58. The van der Waals surface area contributed by atoms with Crippen LogP contribution in [0.3, 0.4) is 0 Å². The van der Waals surface area contributed by atoms with Gasteiger partial charge in [0, 0.05) is 6.04 Å². The lowest BCUT2D eigenvalue weighted by molar-refractivity contribution is 0.612. The molecule has 0 bridgehead atoms. The third-order valence-corrected chi connectivity index (χ3v) is 2.56. The van der Waals surface area contributed by atoms with Gasteiger partial charge in [-0.25, -0.2) is 0 Å². The summed E-state index contributed by atoms with van der Waals surface area (Å²) >= 11 is 0. The Bertz CT molecular complexity index is 269. The summed E-state index contributed by atoms with van der Waals surface area (Å²) in [6.45, 7) is 8.50. The van der Waals surface area contributed by atoms with E-state index in [-0.39, 0.29) is 6.04 Å². The number of hydrogen-bond donors (Lipinski definition) is 1. The molecular weight excluding hydrogens is 158 g/mol. The van der Waals surface area contributed by atoms with Gasteiger partial charge in [-0.15, -0.1) is 0 Å². The van der Waals surface area contributed by atoms with Gasteiger partial charge in [0.05, 0.1) is 0 Å². The Hall–Kier alpha value is -0.820. The molecule has 0 fully saturated rings. The molecule has 0 aliphatic rings. The molecule has 0 aliphatic carbocycles. The van der Waals surface area contributed by atoms with Crippen LogP contribution in [0.5, 0.6) is 0 Å². The third-order valence-electron chi connectivity index (χ3n) is 2.56. The summed E-state index contributed by atoms with van der Waals surface area (Å²) in [6, 6.07) is 6.86. The Balaban J connectivity index is 3.01. The van der Waals surface area contributed by atoms with E-state index in [0.717, 1.165) is 0 Å². The number of rotatable bonds is 2. The summed E-state index contributed by atoms with van der Waals surface area (Å²) in [5, 5.41) is 0. The van der Waals surface area contributed by atoms with E-state index in [1.165, 1.54) is 16.7 Å². The molecule has 1 heteroatoms. The molecule has 1 aromatic rings. The van der Waals surface area contributed by atoms with Crippen LogP contribution < -0.4 is 5.73 Å². The molecule has 0 saturated heterocycles. The van der Waals surface area contributed by atoms with Gasteiger partial charge in [-0.2, -0.15) is 0 Å². The normalized spacial score (nSPS) is 15.5. The summed E-state index contributed by atoms with van der Waals surface area (Å²) in [5.74, 6) is 0.443. The van der Waals surface area contributed by atoms with Crippen molar-refractivity contribution >= 4 is 0 Å². The zero-order chi connectivity index (χ0) is 10.0. The Morgan fingerprint density at radius 1 is 1.00 bits per heavy atom. The van der Waals surface area contributed by atoms with Gasteiger partial charge in [-0.3, -0.25) is 0 Å². The first-order valence-electron chi connectivity index (χ1n) is 4.84. The SMILES string of the molecule is Cc1cc(C)cc(C(C)C(C)N)c1. The fraction of sp³-hybridized carbons (Fsp3) is 0.500. The van der Waals surface area contributed by atoms with Crippen molar-refractivity contribution in [3.05, 3.63) is 34.9 Å². The summed E-state index contributed by atoms with van der Waals surface area (Å²) in [6.07, 6.45) is 0. The van der Waals surface area contributed by atoms with Crippen molar-refractivity contribution in [2.24, 2.45) is 5.73 Å². The minimum atomic E-state index is 0.223. The van der Waals surface area contributed by atoms with Crippen molar-refractivity contribution in [3.8, 4) is 0 Å². The molecule has 0 heterocycles. The minimum Gasteiger partial charge on any atom is -0.327 e. The van der Waals surface area contributed by atoms with Gasteiger partial charge >= 0.3 is 0 Å². The van der Waals surface area contributed by atoms with Gasteiger partial charge in [-0.1, -0.05) is 36.2 Å². The highest BCUT2D eigenvalue weighted by Gasteiger charge is 2.10. The molecule has 1 nitrogen and oxygen atoms in total. The lowest BCUT2D eigenvalue weighted by atomic mass is 9.92. The lowest BCUT2D eigenvalue weighted by Gasteiger charge is -2.17. The molecule has 1 aromatic carbocycles. The maximum atomic E-state index is 5.87. The topological polar surface area (TPSA) is 26.0 Å². The Morgan fingerprint density at radius 3 is 1.85 bits per heavy atom. The standard InChI is InChI=1S/C12H19N/c1-8-5-9(2)7-12(6-8)10(3)11(4)13/h5-7,10-11H,13H2,1-4H3.